The van der Waals surface area contributed by atoms with Crippen LogP contribution in [-0.4, -0.2) is 33.9 Å². The Bertz CT molecular complexity index is 456. The zero-order valence-electron chi connectivity index (χ0n) is 9.48. The molecule has 1 aromatic heterocycles. The third-order valence-corrected chi connectivity index (χ3v) is 3.28. The molecule has 0 fully saturated rings. The Morgan fingerprint density at radius 1 is 1.47 bits per heavy atom. The van der Waals surface area contributed by atoms with Crippen molar-refractivity contribution in [2.45, 2.75) is 26.1 Å². The van der Waals surface area contributed by atoms with E-state index >= 15 is 0 Å². The molecular weight excluding hydrogens is 222 g/mol. The van der Waals surface area contributed by atoms with E-state index in [1.54, 1.807) is 4.90 Å². The molecule has 0 aliphatic carbocycles. The van der Waals surface area contributed by atoms with Crippen molar-refractivity contribution in [3.8, 4) is 0 Å². The van der Waals surface area contributed by atoms with Crippen LogP contribution in [-0.2, 0) is 30.9 Å². The van der Waals surface area contributed by atoms with Crippen molar-refractivity contribution in [1.82, 2.24) is 20.2 Å². The highest BCUT2D eigenvalue weighted by Crippen LogP contribution is 2.23. The molecule has 92 valence electrons. The minimum Gasteiger partial charge on any atom is -0.351 e. The summed E-state index contributed by atoms with van der Waals surface area (Å²) in [5, 5.41) is 4.56. The molecule has 0 atom stereocenters. The lowest BCUT2D eigenvalue weighted by Crippen LogP contribution is -2.39. The number of hydrogen-bond acceptors (Lipinski definition) is 4. The highest BCUT2D eigenvalue weighted by atomic mass is 16.6. The van der Waals surface area contributed by atoms with Gasteiger partial charge < -0.3 is 10.6 Å². The molecule has 1 aromatic rings. The SMILES string of the molecule is NC(=O)N1CCc2nn3c(c2C1)CNOCC3. The van der Waals surface area contributed by atoms with Gasteiger partial charge in [0.2, 0.25) is 0 Å². The van der Waals surface area contributed by atoms with Gasteiger partial charge in [-0.3, -0.25) is 9.52 Å². The van der Waals surface area contributed by atoms with E-state index in [2.05, 4.69) is 10.6 Å². The fraction of sp³-hybridized carbons (Fsp3) is 0.600. The van der Waals surface area contributed by atoms with Crippen LogP contribution in [0.3, 0.4) is 0 Å². The molecule has 0 unspecified atom stereocenters. The molecule has 3 rings (SSSR count). The van der Waals surface area contributed by atoms with Crippen LogP contribution in [0.15, 0.2) is 0 Å². The van der Waals surface area contributed by atoms with E-state index in [0.29, 0.717) is 26.2 Å². The molecular formula is C10H15N5O2. The molecule has 3 heterocycles. The van der Waals surface area contributed by atoms with Crippen molar-refractivity contribution in [3.05, 3.63) is 17.0 Å². The second-order valence-electron chi connectivity index (χ2n) is 4.27. The third kappa shape index (κ3) is 1.77. The van der Waals surface area contributed by atoms with Gasteiger partial charge in [-0.15, -0.1) is 0 Å². The molecule has 7 heteroatoms. The second-order valence-corrected chi connectivity index (χ2v) is 4.27. The molecule has 0 saturated heterocycles. The number of nitrogens with one attached hydrogen (secondary N) is 1. The van der Waals surface area contributed by atoms with Crippen molar-refractivity contribution < 1.29 is 9.63 Å². The van der Waals surface area contributed by atoms with Crippen molar-refractivity contribution in [2.24, 2.45) is 5.73 Å². The Kier molecular flexibility index (Phi) is 2.49. The Morgan fingerprint density at radius 2 is 2.35 bits per heavy atom. The number of urea groups is 1. The van der Waals surface area contributed by atoms with Gasteiger partial charge in [0.05, 0.1) is 37.6 Å². The predicted molar refractivity (Wildman–Crippen MR) is 58.7 cm³/mol. The van der Waals surface area contributed by atoms with Gasteiger partial charge in [-0.25, -0.2) is 4.79 Å². The van der Waals surface area contributed by atoms with E-state index < -0.39 is 0 Å². The number of nitrogens with two attached hydrogens (primary N) is 1. The normalized spacial score (nSPS) is 19.4. The maximum atomic E-state index is 11.2. The second kappa shape index (κ2) is 4.01. The monoisotopic (exact) mass is 237 g/mol. The number of aromatic nitrogens is 2. The Morgan fingerprint density at radius 3 is 3.18 bits per heavy atom. The van der Waals surface area contributed by atoms with Gasteiger partial charge in [-0.05, 0) is 0 Å². The minimum absolute atomic E-state index is 0.367. The van der Waals surface area contributed by atoms with Crippen LogP contribution in [0.25, 0.3) is 0 Å². The lowest BCUT2D eigenvalue weighted by atomic mass is 10.1. The van der Waals surface area contributed by atoms with Gasteiger partial charge in [0.25, 0.3) is 0 Å². The van der Waals surface area contributed by atoms with E-state index in [-0.39, 0.29) is 6.03 Å². The van der Waals surface area contributed by atoms with Gasteiger partial charge in [0, 0.05) is 18.5 Å². The molecule has 2 aliphatic rings. The van der Waals surface area contributed by atoms with E-state index in [0.717, 1.165) is 29.9 Å². The number of rotatable bonds is 0. The first-order valence-electron chi connectivity index (χ1n) is 5.72. The molecule has 0 saturated carbocycles. The molecule has 0 radical (unpaired) electrons. The summed E-state index contributed by atoms with van der Waals surface area (Å²) in [4.78, 5) is 18.0. The number of carbonyl (C=O) groups is 1. The van der Waals surface area contributed by atoms with Gasteiger partial charge in [-0.1, -0.05) is 0 Å². The molecule has 2 amide bonds. The fourth-order valence-electron chi connectivity index (χ4n) is 2.38. The van der Waals surface area contributed by atoms with Crippen molar-refractivity contribution in [2.75, 3.05) is 13.2 Å². The molecule has 2 aliphatic heterocycles. The summed E-state index contributed by atoms with van der Waals surface area (Å²) in [6.45, 7) is 3.18. The standard InChI is InChI=1S/C10H15N5O2/c11-10(16)14-2-1-8-7(6-14)9-5-12-17-4-3-15(9)13-8/h12H,1-6H2,(H2,11,16). The average Bonchev–Trinajstić information content (AvgIpc) is 2.51. The number of carbonyl (C=O) groups excluding carboxylic acids is 1. The first kappa shape index (κ1) is 10.5. The van der Waals surface area contributed by atoms with Crippen molar-refractivity contribution in [3.63, 3.8) is 0 Å². The number of fused-ring (bicyclic) bond motifs is 3. The molecule has 0 spiro atoms. The first-order chi connectivity index (χ1) is 8.25. The van der Waals surface area contributed by atoms with E-state index in [4.69, 9.17) is 10.6 Å². The van der Waals surface area contributed by atoms with Crippen LogP contribution in [0.4, 0.5) is 4.79 Å². The van der Waals surface area contributed by atoms with Crippen LogP contribution < -0.4 is 11.2 Å². The third-order valence-electron chi connectivity index (χ3n) is 3.28. The first-order valence-corrected chi connectivity index (χ1v) is 5.72. The molecule has 7 nitrogen and oxygen atoms in total. The summed E-state index contributed by atoms with van der Waals surface area (Å²) < 4.78 is 1.97. The van der Waals surface area contributed by atoms with Crippen LogP contribution >= 0.6 is 0 Å². The van der Waals surface area contributed by atoms with E-state index in [1.165, 1.54) is 0 Å². The zero-order valence-corrected chi connectivity index (χ0v) is 9.48. The summed E-state index contributed by atoms with van der Waals surface area (Å²) in [6.07, 6.45) is 0.777. The molecule has 0 bridgehead atoms. The summed E-state index contributed by atoms with van der Waals surface area (Å²) >= 11 is 0. The average molecular weight is 237 g/mol. The lowest BCUT2D eigenvalue weighted by molar-refractivity contribution is 0.0405. The van der Waals surface area contributed by atoms with E-state index in [9.17, 15) is 4.79 Å². The largest absolute Gasteiger partial charge is 0.351 e. The molecule has 3 N–H and O–H groups in total. The Labute approximate surface area is 98.5 Å². The number of amides is 2. The summed E-state index contributed by atoms with van der Waals surface area (Å²) in [7, 11) is 0. The molecule has 17 heavy (non-hydrogen) atoms. The predicted octanol–water partition coefficient (Wildman–Crippen LogP) is -0.645. The maximum absolute atomic E-state index is 11.2. The summed E-state index contributed by atoms with van der Waals surface area (Å²) in [5.41, 5.74) is 11.5. The molecule has 0 aromatic carbocycles. The van der Waals surface area contributed by atoms with Gasteiger partial charge >= 0.3 is 6.03 Å². The van der Waals surface area contributed by atoms with Crippen molar-refractivity contribution >= 4 is 6.03 Å². The Balaban J connectivity index is 1.95. The van der Waals surface area contributed by atoms with Gasteiger partial charge in [-0.2, -0.15) is 10.6 Å². The highest BCUT2D eigenvalue weighted by Gasteiger charge is 2.26. The van der Waals surface area contributed by atoms with Crippen LogP contribution in [0.5, 0.6) is 0 Å². The number of primary amides is 1. The van der Waals surface area contributed by atoms with Crippen LogP contribution in [0.2, 0.25) is 0 Å². The van der Waals surface area contributed by atoms with Crippen LogP contribution in [0.1, 0.15) is 17.0 Å². The minimum atomic E-state index is -0.367. The van der Waals surface area contributed by atoms with Crippen molar-refractivity contribution in [1.29, 1.82) is 0 Å². The number of hydroxylamine groups is 1. The lowest BCUT2D eigenvalue weighted by Gasteiger charge is -2.24. The highest BCUT2D eigenvalue weighted by molar-refractivity contribution is 5.72. The van der Waals surface area contributed by atoms with E-state index in [1.807, 2.05) is 4.68 Å². The summed E-state index contributed by atoms with van der Waals surface area (Å²) in [6, 6.07) is -0.367. The fourth-order valence-corrected chi connectivity index (χ4v) is 2.38. The topological polar surface area (TPSA) is 85.4 Å². The van der Waals surface area contributed by atoms with Crippen LogP contribution in [0, 0.1) is 0 Å². The summed E-state index contributed by atoms with van der Waals surface area (Å²) in [5.74, 6) is 0. The smallest absolute Gasteiger partial charge is 0.315 e. The van der Waals surface area contributed by atoms with Gasteiger partial charge in [0.1, 0.15) is 0 Å². The Hall–Kier alpha value is -1.60. The quantitative estimate of drug-likeness (QED) is 0.628. The van der Waals surface area contributed by atoms with Gasteiger partial charge in [0.15, 0.2) is 0 Å². The maximum Gasteiger partial charge on any atom is 0.315 e. The number of hydrogen-bond donors (Lipinski definition) is 2. The zero-order chi connectivity index (χ0) is 11.8. The number of nitrogens with zero attached hydrogens (tertiary/aromatic N) is 3.